The number of aromatic amines is 1. The number of nitrogens with one attached hydrogen (secondary N) is 1. The van der Waals surface area contributed by atoms with Gasteiger partial charge in [-0.1, -0.05) is 0 Å². The summed E-state index contributed by atoms with van der Waals surface area (Å²) in [6.07, 6.45) is 4.14. The fraction of sp³-hybridized carbons (Fsp3) is 0.400. The summed E-state index contributed by atoms with van der Waals surface area (Å²) in [4.78, 5) is 14.2. The molecule has 0 spiro atoms. The fourth-order valence-electron chi connectivity index (χ4n) is 1.80. The highest BCUT2D eigenvalue weighted by Crippen LogP contribution is 2.39. The van der Waals surface area contributed by atoms with Crippen molar-refractivity contribution in [3.05, 3.63) is 33.9 Å². The molecule has 2 aromatic heterocycles. The van der Waals surface area contributed by atoms with Crippen molar-refractivity contribution in [2.45, 2.75) is 25.7 Å². The molecule has 0 aliphatic heterocycles. The Hall–Kier alpha value is -1.58. The molecule has 1 aliphatic rings. The van der Waals surface area contributed by atoms with E-state index in [0.717, 1.165) is 16.9 Å². The molecule has 1 N–H and O–H groups in total. The SMILES string of the molecule is Cc1cnn2c(C3CC3)cc(=O)[nH]c12. The highest BCUT2D eigenvalue weighted by molar-refractivity contribution is 5.46. The van der Waals surface area contributed by atoms with E-state index >= 15 is 0 Å². The molecule has 1 aliphatic carbocycles. The zero-order chi connectivity index (χ0) is 9.71. The zero-order valence-electron chi connectivity index (χ0n) is 7.95. The van der Waals surface area contributed by atoms with Crippen LogP contribution in [0.25, 0.3) is 5.65 Å². The van der Waals surface area contributed by atoms with Gasteiger partial charge < -0.3 is 4.98 Å². The van der Waals surface area contributed by atoms with Crippen LogP contribution in [0.1, 0.15) is 30.0 Å². The normalized spacial score (nSPS) is 16.4. The van der Waals surface area contributed by atoms with E-state index in [0.29, 0.717) is 5.92 Å². The lowest BCUT2D eigenvalue weighted by atomic mass is 10.3. The maximum Gasteiger partial charge on any atom is 0.251 e. The first-order valence-electron chi connectivity index (χ1n) is 4.83. The number of H-pyrrole nitrogens is 1. The smallest absolute Gasteiger partial charge is 0.251 e. The van der Waals surface area contributed by atoms with E-state index in [4.69, 9.17) is 0 Å². The molecule has 0 amide bonds. The molecule has 14 heavy (non-hydrogen) atoms. The Morgan fingerprint density at radius 2 is 2.36 bits per heavy atom. The molecule has 1 saturated carbocycles. The number of rotatable bonds is 1. The van der Waals surface area contributed by atoms with Gasteiger partial charge in [0.15, 0.2) is 0 Å². The minimum absolute atomic E-state index is 0.0250. The Labute approximate surface area is 80.6 Å². The molecule has 72 valence electrons. The minimum atomic E-state index is -0.0250. The van der Waals surface area contributed by atoms with Crippen molar-refractivity contribution in [1.29, 1.82) is 0 Å². The van der Waals surface area contributed by atoms with Gasteiger partial charge in [-0.2, -0.15) is 5.10 Å². The summed E-state index contributed by atoms with van der Waals surface area (Å²) in [5.74, 6) is 0.541. The molecular weight excluding hydrogens is 178 g/mol. The molecule has 0 saturated heterocycles. The minimum Gasteiger partial charge on any atom is -0.307 e. The van der Waals surface area contributed by atoms with Crippen LogP contribution >= 0.6 is 0 Å². The van der Waals surface area contributed by atoms with Crippen LogP contribution in [0, 0.1) is 6.92 Å². The quantitative estimate of drug-likeness (QED) is 0.733. The number of hydrogen-bond donors (Lipinski definition) is 1. The van der Waals surface area contributed by atoms with Crippen molar-refractivity contribution in [3.63, 3.8) is 0 Å². The van der Waals surface area contributed by atoms with Crippen LogP contribution in [0.4, 0.5) is 0 Å². The first kappa shape index (κ1) is 7.79. The van der Waals surface area contributed by atoms with E-state index in [9.17, 15) is 4.79 Å². The summed E-state index contributed by atoms with van der Waals surface area (Å²) in [6, 6.07) is 1.66. The Morgan fingerprint density at radius 3 is 3.07 bits per heavy atom. The van der Waals surface area contributed by atoms with E-state index < -0.39 is 0 Å². The lowest BCUT2D eigenvalue weighted by molar-refractivity contribution is 0.835. The Balaban J connectivity index is 2.41. The third-order valence-electron chi connectivity index (χ3n) is 2.71. The largest absolute Gasteiger partial charge is 0.307 e. The Morgan fingerprint density at radius 1 is 1.57 bits per heavy atom. The van der Waals surface area contributed by atoms with Gasteiger partial charge in [0.25, 0.3) is 5.56 Å². The van der Waals surface area contributed by atoms with Crippen LogP contribution in [0.3, 0.4) is 0 Å². The average Bonchev–Trinajstić information content (AvgIpc) is 2.93. The van der Waals surface area contributed by atoms with Crippen LogP contribution in [-0.2, 0) is 0 Å². The third-order valence-corrected chi connectivity index (χ3v) is 2.71. The summed E-state index contributed by atoms with van der Waals surface area (Å²) in [5, 5.41) is 4.27. The van der Waals surface area contributed by atoms with Gasteiger partial charge in [-0.05, 0) is 19.8 Å². The number of fused-ring (bicyclic) bond motifs is 1. The number of aromatic nitrogens is 3. The molecule has 2 aromatic rings. The molecule has 0 radical (unpaired) electrons. The van der Waals surface area contributed by atoms with Crippen molar-refractivity contribution in [2.75, 3.05) is 0 Å². The third kappa shape index (κ3) is 0.999. The van der Waals surface area contributed by atoms with Crippen molar-refractivity contribution in [1.82, 2.24) is 14.6 Å². The maximum atomic E-state index is 11.4. The van der Waals surface area contributed by atoms with Crippen LogP contribution in [0.15, 0.2) is 17.1 Å². The van der Waals surface area contributed by atoms with Crippen molar-refractivity contribution in [3.8, 4) is 0 Å². The number of aryl methyl sites for hydroxylation is 1. The lowest BCUT2D eigenvalue weighted by Crippen LogP contribution is -2.11. The predicted octanol–water partition coefficient (Wildman–Crippen LogP) is 1.21. The van der Waals surface area contributed by atoms with Gasteiger partial charge in [-0.15, -0.1) is 0 Å². The van der Waals surface area contributed by atoms with Crippen LogP contribution in [0.5, 0.6) is 0 Å². The molecule has 4 heteroatoms. The number of hydrogen-bond acceptors (Lipinski definition) is 2. The highest BCUT2D eigenvalue weighted by atomic mass is 16.1. The standard InChI is InChI=1S/C10H11N3O/c1-6-5-11-13-8(7-2-3-7)4-9(14)12-10(6)13/h4-5,7H,2-3H2,1H3,(H,12,14). The van der Waals surface area contributed by atoms with Gasteiger partial charge >= 0.3 is 0 Å². The first-order chi connectivity index (χ1) is 6.75. The number of nitrogens with zero attached hydrogens (tertiary/aromatic N) is 2. The van der Waals surface area contributed by atoms with Gasteiger partial charge in [-0.25, -0.2) is 4.52 Å². The van der Waals surface area contributed by atoms with Gasteiger partial charge in [0.2, 0.25) is 0 Å². The van der Waals surface area contributed by atoms with Crippen molar-refractivity contribution in [2.24, 2.45) is 0 Å². The fourth-order valence-corrected chi connectivity index (χ4v) is 1.80. The van der Waals surface area contributed by atoms with Gasteiger partial charge in [0, 0.05) is 17.5 Å². The Bertz CT molecular complexity index is 548. The van der Waals surface area contributed by atoms with E-state index in [1.807, 2.05) is 11.4 Å². The first-order valence-corrected chi connectivity index (χ1v) is 4.83. The average molecular weight is 189 g/mol. The molecular formula is C10H11N3O. The van der Waals surface area contributed by atoms with Crippen LogP contribution < -0.4 is 5.56 Å². The van der Waals surface area contributed by atoms with Gasteiger partial charge in [0.1, 0.15) is 5.65 Å². The monoisotopic (exact) mass is 189 g/mol. The second-order valence-corrected chi connectivity index (χ2v) is 3.92. The molecule has 4 nitrogen and oxygen atoms in total. The van der Waals surface area contributed by atoms with E-state index in [2.05, 4.69) is 10.1 Å². The summed E-state index contributed by atoms with van der Waals surface area (Å²) in [7, 11) is 0. The molecule has 0 unspecified atom stereocenters. The lowest BCUT2D eigenvalue weighted by Gasteiger charge is -2.01. The maximum absolute atomic E-state index is 11.4. The van der Waals surface area contributed by atoms with Gasteiger partial charge in [-0.3, -0.25) is 4.79 Å². The molecule has 1 fully saturated rings. The summed E-state index contributed by atoms with van der Waals surface area (Å²) in [6.45, 7) is 1.95. The molecule has 0 atom stereocenters. The van der Waals surface area contributed by atoms with E-state index in [-0.39, 0.29) is 5.56 Å². The van der Waals surface area contributed by atoms with E-state index in [1.165, 1.54) is 12.8 Å². The summed E-state index contributed by atoms with van der Waals surface area (Å²) >= 11 is 0. The summed E-state index contributed by atoms with van der Waals surface area (Å²) in [5.41, 5.74) is 2.88. The van der Waals surface area contributed by atoms with Crippen molar-refractivity contribution >= 4 is 5.65 Å². The topological polar surface area (TPSA) is 50.2 Å². The molecule has 0 bridgehead atoms. The molecule has 2 heterocycles. The van der Waals surface area contributed by atoms with Crippen LogP contribution in [0.2, 0.25) is 0 Å². The van der Waals surface area contributed by atoms with Gasteiger partial charge in [0.05, 0.1) is 11.9 Å². The highest BCUT2D eigenvalue weighted by Gasteiger charge is 2.27. The van der Waals surface area contributed by atoms with Crippen LogP contribution in [-0.4, -0.2) is 14.6 Å². The van der Waals surface area contributed by atoms with E-state index in [1.54, 1.807) is 12.3 Å². The summed E-state index contributed by atoms with van der Waals surface area (Å²) < 4.78 is 1.86. The molecule has 0 aromatic carbocycles. The predicted molar refractivity (Wildman–Crippen MR) is 52.5 cm³/mol. The second-order valence-electron chi connectivity index (χ2n) is 3.92. The Kier molecular flexibility index (Phi) is 1.37. The second kappa shape index (κ2) is 2.47. The molecule has 3 rings (SSSR count). The van der Waals surface area contributed by atoms with Crippen molar-refractivity contribution < 1.29 is 0 Å². The zero-order valence-corrected chi connectivity index (χ0v) is 7.95.